The molecule has 0 aliphatic heterocycles. The molecule has 0 fully saturated rings. The summed E-state index contributed by atoms with van der Waals surface area (Å²) in [6.07, 6.45) is 2.82. The minimum atomic E-state index is -1.32. The summed E-state index contributed by atoms with van der Waals surface area (Å²) in [5.74, 6) is -1.32. The molecule has 0 amide bonds. The summed E-state index contributed by atoms with van der Waals surface area (Å²) in [5, 5.41) is 11.3. The standard InChI is InChI=1S/C8H5ClN2O2/c9-6-4-1-2-10-7(4)11-3-5(6)8(12)13/h1-3H,(H,10,11)(H,12,13)/p-1. The molecule has 2 rings (SSSR count). The van der Waals surface area contributed by atoms with E-state index in [-0.39, 0.29) is 10.6 Å². The Bertz CT molecular complexity index is 478. The number of carbonyl (C=O) groups excluding carboxylic acids is 1. The van der Waals surface area contributed by atoms with Crippen LogP contribution < -0.4 is 5.11 Å². The second-order valence-electron chi connectivity index (χ2n) is 2.51. The lowest BCUT2D eigenvalue weighted by Crippen LogP contribution is -2.22. The van der Waals surface area contributed by atoms with Crippen molar-refractivity contribution in [1.29, 1.82) is 0 Å². The van der Waals surface area contributed by atoms with Crippen molar-refractivity contribution in [1.82, 2.24) is 9.97 Å². The molecule has 0 aliphatic rings. The minimum absolute atomic E-state index is 0.0891. The number of aromatic nitrogens is 2. The van der Waals surface area contributed by atoms with Gasteiger partial charge in [0.2, 0.25) is 0 Å². The van der Waals surface area contributed by atoms with Crippen LogP contribution in [0.4, 0.5) is 0 Å². The summed E-state index contributed by atoms with van der Waals surface area (Å²) in [6.45, 7) is 0. The molecule has 13 heavy (non-hydrogen) atoms. The van der Waals surface area contributed by atoms with Gasteiger partial charge in [0.1, 0.15) is 5.65 Å². The van der Waals surface area contributed by atoms with Gasteiger partial charge in [-0.15, -0.1) is 0 Å². The van der Waals surface area contributed by atoms with Gasteiger partial charge in [-0.3, -0.25) is 0 Å². The maximum Gasteiger partial charge on any atom is 0.138 e. The second kappa shape index (κ2) is 2.74. The number of nitrogens with one attached hydrogen (secondary N) is 1. The summed E-state index contributed by atoms with van der Waals surface area (Å²) < 4.78 is 0. The van der Waals surface area contributed by atoms with Gasteiger partial charge < -0.3 is 14.9 Å². The summed E-state index contributed by atoms with van der Waals surface area (Å²) in [7, 11) is 0. The van der Waals surface area contributed by atoms with Crippen molar-refractivity contribution in [3.05, 3.63) is 29.0 Å². The quantitative estimate of drug-likeness (QED) is 0.724. The molecular formula is C8H4ClN2O2-. The molecule has 4 nitrogen and oxygen atoms in total. The van der Waals surface area contributed by atoms with Crippen molar-refractivity contribution in [3.63, 3.8) is 0 Å². The average molecular weight is 196 g/mol. The van der Waals surface area contributed by atoms with Crippen LogP contribution in [0.2, 0.25) is 5.02 Å². The predicted octanol–water partition coefficient (Wildman–Crippen LogP) is 0.580. The lowest BCUT2D eigenvalue weighted by molar-refractivity contribution is -0.255. The van der Waals surface area contributed by atoms with Gasteiger partial charge >= 0.3 is 0 Å². The van der Waals surface area contributed by atoms with Gasteiger partial charge in [-0.25, -0.2) is 4.98 Å². The molecule has 0 atom stereocenters. The summed E-state index contributed by atoms with van der Waals surface area (Å²) in [5.41, 5.74) is 0.476. The Labute approximate surface area is 78.2 Å². The zero-order valence-electron chi connectivity index (χ0n) is 6.37. The van der Waals surface area contributed by atoms with Gasteiger partial charge in [-0.1, -0.05) is 11.6 Å². The summed E-state index contributed by atoms with van der Waals surface area (Å²) in [4.78, 5) is 17.2. The Kier molecular flexibility index (Phi) is 1.70. The highest BCUT2D eigenvalue weighted by Gasteiger charge is 2.07. The Morgan fingerprint density at radius 1 is 1.62 bits per heavy atom. The van der Waals surface area contributed by atoms with Gasteiger partial charge in [0.15, 0.2) is 0 Å². The molecule has 0 unspecified atom stereocenters. The number of carboxylic acids is 1. The molecular weight excluding hydrogens is 192 g/mol. The Morgan fingerprint density at radius 3 is 3.08 bits per heavy atom. The van der Waals surface area contributed by atoms with Crippen LogP contribution in [0.3, 0.4) is 0 Å². The van der Waals surface area contributed by atoms with Crippen molar-refractivity contribution in [3.8, 4) is 0 Å². The van der Waals surface area contributed by atoms with Crippen LogP contribution in [0.5, 0.6) is 0 Å². The Morgan fingerprint density at radius 2 is 2.38 bits per heavy atom. The third kappa shape index (κ3) is 1.15. The number of rotatable bonds is 1. The number of nitrogens with zero attached hydrogens (tertiary/aromatic N) is 1. The number of aromatic amines is 1. The lowest BCUT2D eigenvalue weighted by Gasteiger charge is -2.04. The number of fused-ring (bicyclic) bond motifs is 1. The lowest BCUT2D eigenvalue weighted by atomic mass is 10.2. The molecule has 5 heteroatoms. The number of H-pyrrole nitrogens is 1. The number of aromatic carboxylic acids is 1. The molecule has 0 spiro atoms. The number of carboxylic acid groups (broad SMARTS) is 1. The number of pyridine rings is 1. The van der Waals surface area contributed by atoms with Crippen LogP contribution in [0.25, 0.3) is 11.0 Å². The fourth-order valence-electron chi connectivity index (χ4n) is 1.12. The first kappa shape index (κ1) is 8.07. The van der Waals surface area contributed by atoms with E-state index in [9.17, 15) is 9.90 Å². The molecule has 0 saturated carbocycles. The van der Waals surface area contributed by atoms with E-state index in [2.05, 4.69) is 9.97 Å². The third-order valence-corrected chi connectivity index (χ3v) is 2.15. The molecule has 0 aromatic carbocycles. The molecule has 0 saturated heterocycles. The van der Waals surface area contributed by atoms with E-state index >= 15 is 0 Å². The van der Waals surface area contributed by atoms with Crippen LogP contribution >= 0.6 is 11.6 Å². The van der Waals surface area contributed by atoms with E-state index in [4.69, 9.17) is 11.6 Å². The molecule has 0 bridgehead atoms. The van der Waals surface area contributed by atoms with Crippen LogP contribution in [0.1, 0.15) is 10.4 Å². The monoisotopic (exact) mass is 195 g/mol. The maximum atomic E-state index is 10.5. The fourth-order valence-corrected chi connectivity index (χ4v) is 1.40. The highest BCUT2D eigenvalue weighted by molar-refractivity contribution is 6.37. The van der Waals surface area contributed by atoms with E-state index in [1.54, 1.807) is 12.3 Å². The zero-order valence-corrected chi connectivity index (χ0v) is 7.13. The molecule has 0 aliphatic carbocycles. The van der Waals surface area contributed by atoms with Crippen LogP contribution in [-0.4, -0.2) is 15.9 Å². The third-order valence-electron chi connectivity index (χ3n) is 1.74. The first-order valence-electron chi connectivity index (χ1n) is 3.53. The van der Waals surface area contributed by atoms with Crippen LogP contribution in [0.15, 0.2) is 18.5 Å². The molecule has 2 aromatic heterocycles. The molecule has 1 N–H and O–H groups in total. The van der Waals surface area contributed by atoms with E-state index in [1.165, 1.54) is 6.20 Å². The first-order chi connectivity index (χ1) is 6.20. The SMILES string of the molecule is O=C([O-])c1cnc2[nH]ccc2c1Cl. The first-order valence-corrected chi connectivity index (χ1v) is 3.91. The largest absolute Gasteiger partial charge is 0.545 e. The molecule has 2 heterocycles. The molecule has 0 radical (unpaired) electrons. The summed E-state index contributed by atoms with van der Waals surface area (Å²) >= 11 is 5.80. The van der Waals surface area contributed by atoms with E-state index < -0.39 is 5.97 Å². The fraction of sp³-hybridized carbons (Fsp3) is 0. The maximum absolute atomic E-state index is 10.5. The number of hydrogen-bond acceptors (Lipinski definition) is 3. The number of carbonyl (C=O) groups is 1. The van der Waals surface area contributed by atoms with E-state index in [1.807, 2.05) is 0 Å². The van der Waals surface area contributed by atoms with Crippen molar-refractivity contribution in [2.75, 3.05) is 0 Å². The Hall–Kier alpha value is -1.55. The predicted molar refractivity (Wildman–Crippen MR) is 45.4 cm³/mol. The van der Waals surface area contributed by atoms with Gasteiger partial charge in [0, 0.05) is 23.3 Å². The van der Waals surface area contributed by atoms with Crippen molar-refractivity contribution >= 4 is 28.6 Å². The summed E-state index contributed by atoms with van der Waals surface area (Å²) in [6, 6.07) is 1.66. The minimum Gasteiger partial charge on any atom is -0.545 e. The number of halogens is 1. The van der Waals surface area contributed by atoms with Crippen molar-refractivity contribution < 1.29 is 9.90 Å². The molecule has 66 valence electrons. The number of hydrogen-bond donors (Lipinski definition) is 1. The van der Waals surface area contributed by atoms with Crippen LogP contribution in [0, 0.1) is 0 Å². The topological polar surface area (TPSA) is 68.8 Å². The van der Waals surface area contributed by atoms with E-state index in [0.717, 1.165) is 0 Å². The van der Waals surface area contributed by atoms with Crippen molar-refractivity contribution in [2.24, 2.45) is 0 Å². The highest BCUT2D eigenvalue weighted by atomic mass is 35.5. The zero-order chi connectivity index (χ0) is 9.42. The van der Waals surface area contributed by atoms with Gasteiger partial charge in [0.05, 0.1) is 11.0 Å². The van der Waals surface area contributed by atoms with Gasteiger partial charge in [0.25, 0.3) is 0 Å². The van der Waals surface area contributed by atoms with Gasteiger partial charge in [-0.2, -0.15) is 0 Å². The highest BCUT2D eigenvalue weighted by Crippen LogP contribution is 2.24. The molecule has 2 aromatic rings. The van der Waals surface area contributed by atoms with Gasteiger partial charge in [-0.05, 0) is 6.07 Å². The van der Waals surface area contributed by atoms with Crippen LogP contribution in [-0.2, 0) is 0 Å². The smallest absolute Gasteiger partial charge is 0.138 e. The second-order valence-corrected chi connectivity index (χ2v) is 2.89. The average Bonchev–Trinajstić information content (AvgIpc) is 2.52. The normalized spacial score (nSPS) is 10.5. The Balaban J connectivity index is 2.80. The van der Waals surface area contributed by atoms with Crippen molar-refractivity contribution in [2.45, 2.75) is 0 Å². The van der Waals surface area contributed by atoms with E-state index in [0.29, 0.717) is 11.0 Å².